The number of aryl methyl sites for hydroxylation is 1. The maximum atomic E-state index is 13.5. The molecule has 4 fully saturated rings. The molecular weight excluding hydrogens is 442 g/mol. The van der Waals surface area contributed by atoms with E-state index < -0.39 is 11.0 Å². The van der Waals surface area contributed by atoms with Crippen LogP contribution in [0.15, 0.2) is 6.07 Å². The van der Waals surface area contributed by atoms with E-state index >= 15 is 0 Å². The fourth-order valence-electron chi connectivity index (χ4n) is 8.31. The standard InChI is InChI=1S/C28H39N3O4/c1-17-5-8-29(13-17)16-23(32)31-10-7-28(34)21-12-20-11-18(2)25(33)26-24(20)27(28,22(15-31)35-26)6-9-30(21)14-19-3-4-19/h11,17,19,21-22,33-34H,3-10,12-16H2,1-2H3/t17-,21-,22+,27-,28-/m1/s1. The number of rotatable bonds is 4. The summed E-state index contributed by atoms with van der Waals surface area (Å²) in [5.74, 6) is 2.32. The van der Waals surface area contributed by atoms with Crippen LogP contribution in [0.3, 0.4) is 0 Å². The van der Waals surface area contributed by atoms with Gasteiger partial charge in [0.15, 0.2) is 11.5 Å². The van der Waals surface area contributed by atoms with Gasteiger partial charge in [0.25, 0.3) is 0 Å². The minimum absolute atomic E-state index is 0.0276. The molecule has 2 aliphatic carbocycles. The summed E-state index contributed by atoms with van der Waals surface area (Å²) in [6.45, 7) is 9.64. The lowest BCUT2D eigenvalue weighted by molar-refractivity contribution is -0.162. The van der Waals surface area contributed by atoms with Crippen molar-refractivity contribution in [3.8, 4) is 11.5 Å². The Labute approximate surface area is 208 Å². The number of phenolic OH excluding ortho intramolecular Hbond substituents is 1. The van der Waals surface area contributed by atoms with E-state index in [0.29, 0.717) is 37.7 Å². The van der Waals surface area contributed by atoms with Crippen LogP contribution in [0.25, 0.3) is 0 Å². The highest BCUT2D eigenvalue weighted by molar-refractivity contribution is 5.78. The van der Waals surface area contributed by atoms with Crippen LogP contribution < -0.4 is 4.74 Å². The molecule has 4 aliphatic heterocycles. The third-order valence-electron chi connectivity index (χ3n) is 10.3. The molecule has 7 rings (SSSR count). The molecule has 5 atom stereocenters. The topological polar surface area (TPSA) is 76.5 Å². The van der Waals surface area contributed by atoms with Crippen molar-refractivity contribution in [2.75, 3.05) is 45.8 Å². The molecule has 0 radical (unpaired) electrons. The van der Waals surface area contributed by atoms with Crippen molar-refractivity contribution >= 4 is 5.91 Å². The van der Waals surface area contributed by atoms with Crippen LogP contribution in [-0.4, -0.2) is 94.4 Å². The predicted molar refractivity (Wildman–Crippen MR) is 132 cm³/mol. The third-order valence-corrected chi connectivity index (χ3v) is 10.3. The largest absolute Gasteiger partial charge is 0.504 e. The maximum Gasteiger partial charge on any atom is 0.236 e. The van der Waals surface area contributed by atoms with E-state index in [2.05, 4.69) is 22.8 Å². The van der Waals surface area contributed by atoms with Gasteiger partial charge in [-0.3, -0.25) is 14.6 Å². The van der Waals surface area contributed by atoms with E-state index in [1.807, 2.05) is 11.8 Å². The van der Waals surface area contributed by atoms with Crippen LogP contribution in [0.5, 0.6) is 11.5 Å². The number of aliphatic hydroxyl groups is 1. The maximum absolute atomic E-state index is 13.5. The summed E-state index contributed by atoms with van der Waals surface area (Å²) in [4.78, 5) is 20.3. The van der Waals surface area contributed by atoms with E-state index in [0.717, 1.165) is 62.5 Å². The van der Waals surface area contributed by atoms with E-state index in [1.54, 1.807) is 0 Å². The molecule has 0 aromatic heterocycles. The van der Waals surface area contributed by atoms with Gasteiger partial charge in [0.2, 0.25) is 5.91 Å². The Hall–Kier alpha value is -1.83. The highest BCUT2D eigenvalue weighted by Crippen LogP contribution is 2.64. The number of carbonyl (C=O) groups is 1. The molecule has 35 heavy (non-hydrogen) atoms. The minimum Gasteiger partial charge on any atom is -0.504 e. The van der Waals surface area contributed by atoms with Crippen molar-refractivity contribution in [2.45, 2.75) is 75.5 Å². The fraction of sp³-hybridized carbons (Fsp3) is 0.750. The first-order valence-corrected chi connectivity index (χ1v) is 13.8. The van der Waals surface area contributed by atoms with Gasteiger partial charge in [0.05, 0.1) is 24.1 Å². The number of nitrogens with zero attached hydrogens (tertiary/aromatic N) is 3. The number of ether oxygens (including phenoxy) is 1. The van der Waals surface area contributed by atoms with E-state index in [4.69, 9.17) is 4.74 Å². The first kappa shape index (κ1) is 22.4. The average molecular weight is 482 g/mol. The summed E-state index contributed by atoms with van der Waals surface area (Å²) in [5, 5.41) is 23.7. The summed E-state index contributed by atoms with van der Waals surface area (Å²) in [6.07, 6.45) is 5.57. The molecular formula is C28H39N3O4. The molecule has 2 bridgehead atoms. The van der Waals surface area contributed by atoms with E-state index in [1.165, 1.54) is 18.4 Å². The van der Waals surface area contributed by atoms with Crippen LogP contribution in [0.1, 0.15) is 55.7 Å². The zero-order chi connectivity index (χ0) is 24.1. The summed E-state index contributed by atoms with van der Waals surface area (Å²) < 4.78 is 6.60. The van der Waals surface area contributed by atoms with Crippen LogP contribution in [-0.2, 0) is 16.6 Å². The Morgan fingerprint density at radius 2 is 2.00 bits per heavy atom. The van der Waals surface area contributed by atoms with Gasteiger partial charge in [-0.15, -0.1) is 0 Å². The van der Waals surface area contributed by atoms with Crippen molar-refractivity contribution in [3.63, 3.8) is 0 Å². The number of amides is 1. The first-order chi connectivity index (χ1) is 16.8. The van der Waals surface area contributed by atoms with Gasteiger partial charge >= 0.3 is 0 Å². The van der Waals surface area contributed by atoms with Gasteiger partial charge in [-0.2, -0.15) is 0 Å². The van der Waals surface area contributed by atoms with Crippen molar-refractivity contribution in [1.29, 1.82) is 0 Å². The van der Waals surface area contributed by atoms with E-state index in [9.17, 15) is 15.0 Å². The summed E-state index contributed by atoms with van der Waals surface area (Å²) in [7, 11) is 0. The summed E-state index contributed by atoms with van der Waals surface area (Å²) in [6, 6.07) is 2.15. The summed E-state index contributed by atoms with van der Waals surface area (Å²) >= 11 is 0. The first-order valence-electron chi connectivity index (χ1n) is 13.8. The zero-order valence-electron chi connectivity index (χ0n) is 21.1. The lowest BCUT2D eigenvalue weighted by atomic mass is 9.52. The quantitative estimate of drug-likeness (QED) is 0.686. The Kier molecular flexibility index (Phi) is 4.85. The molecule has 0 unspecified atom stereocenters. The lowest BCUT2D eigenvalue weighted by Gasteiger charge is -2.60. The fourth-order valence-corrected chi connectivity index (χ4v) is 8.31. The Morgan fingerprint density at radius 3 is 2.74 bits per heavy atom. The van der Waals surface area contributed by atoms with Crippen LogP contribution in [0.2, 0.25) is 0 Å². The lowest BCUT2D eigenvalue weighted by Crippen LogP contribution is -2.74. The van der Waals surface area contributed by atoms with Crippen LogP contribution in [0.4, 0.5) is 0 Å². The number of phenols is 1. The van der Waals surface area contributed by atoms with Crippen molar-refractivity contribution in [1.82, 2.24) is 14.7 Å². The molecule has 190 valence electrons. The molecule has 1 saturated carbocycles. The van der Waals surface area contributed by atoms with Gasteiger partial charge in [-0.1, -0.05) is 13.0 Å². The van der Waals surface area contributed by atoms with Gasteiger partial charge in [-0.05, 0) is 81.5 Å². The SMILES string of the molecule is Cc1cc2c3c(c1O)O[C@H]1CN(C(=O)CN4CC[C@@H](C)C4)CC[C@@]4(O)[C@@H](C2)N(CC2CC2)CC[C@]314. The van der Waals surface area contributed by atoms with Crippen LogP contribution >= 0.6 is 0 Å². The second-order valence-electron chi connectivity index (χ2n) is 12.5. The van der Waals surface area contributed by atoms with Gasteiger partial charge < -0.3 is 19.8 Å². The molecule has 7 nitrogen and oxygen atoms in total. The number of carbonyl (C=O) groups excluding carboxylic acids is 1. The number of piperidine rings is 1. The molecule has 3 saturated heterocycles. The highest BCUT2D eigenvalue weighted by atomic mass is 16.5. The average Bonchev–Trinajstić information content (AvgIpc) is 3.47. The van der Waals surface area contributed by atoms with E-state index in [-0.39, 0.29) is 23.8 Å². The highest BCUT2D eigenvalue weighted by Gasteiger charge is 2.71. The van der Waals surface area contributed by atoms with Crippen molar-refractivity contribution in [2.24, 2.45) is 11.8 Å². The smallest absolute Gasteiger partial charge is 0.236 e. The molecule has 6 aliphatic rings. The third kappa shape index (κ3) is 3.10. The number of hydrogen-bond donors (Lipinski definition) is 2. The van der Waals surface area contributed by atoms with Gasteiger partial charge in [0.1, 0.15) is 6.10 Å². The Balaban J connectivity index is 1.28. The second-order valence-corrected chi connectivity index (χ2v) is 12.5. The number of hydrogen-bond acceptors (Lipinski definition) is 6. The monoisotopic (exact) mass is 481 g/mol. The Morgan fingerprint density at radius 1 is 1.17 bits per heavy atom. The molecule has 2 N–H and O–H groups in total. The van der Waals surface area contributed by atoms with Crippen LogP contribution in [0, 0.1) is 18.8 Å². The molecule has 1 spiro atoms. The summed E-state index contributed by atoms with van der Waals surface area (Å²) in [5.41, 5.74) is 1.56. The minimum atomic E-state index is -0.970. The molecule has 4 heterocycles. The number of likely N-dealkylation sites (tertiary alicyclic amines) is 3. The van der Waals surface area contributed by atoms with Crippen molar-refractivity contribution < 1.29 is 19.7 Å². The molecule has 1 aromatic carbocycles. The molecule has 7 heteroatoms. The molecule has 1 aromatic rings. The predicted octanol–water partition coefficient (Wildman–Crippen LogP) is 2.05. The normalized spacial score (nSPS) is 38.3. The molecule has 1 amide bonds. The zero-order valence-corrected chi connectivity index (χ0v) is 21.1. The second kappa shape index (κ2) is 7.59. The van der Waals surface area contributed by atoms with Gasteiger partial charge in [0, 0.05) is 31.2 Å². The Bertz CT molecular complexity index is 1070. The van der Waals surface area contributed by atoms with Crippen molar-refractivity contribution in [3.05, 3.63) is 22.8 Å². The number of benzene rings is 1. The van der Waals surface area contributed by atoms with Gasteiger partial charge in [-0.25, -0.2) is 0 Å². The number of aromatic hydroxyl groups is 1.